The summed E-state index contributed by atoms with van der Waals surface area (Å²) in [4.78, 5) is 10.5. The first-order valence-electron chi connectivity index (χ1n) is 5.10. The van der Waals surface area contributed by atoms with Crippen molar-refractivity contribution in [3.8, 4) is 0 Å². The second kappa shape index (κ2) is 4.33. The molecule has 1 unspecified atom stereocenters. The number of aromatic nitrogens is 2. The van der Waals surface area contributed by atoms with E-state index in [1.165, 1.54) is 0 Å². The molecular formula is C10H15ClN4. The fraction of sp³-hybridized carbons (Fsp3) is 0.600. The fourth-order valence-electron chi connectivity index (χ4n) is 1.87. The highest BCUT2D eigenvalue weighted by Crippen LogP contribution is 2.15. The molecule has 1 aromatic heterocycles. The quantitative estimate of drug-likeness (QED) is 0.777. The number of anilines is 1. The van der Waals surface area contributed by atoms with Gasteiger partial charge < -0.3 is 10.2 Å². The van der Waals surface area contributed by atoms with Crippen LogP contribution in [-0.2, 0) is 0 Å². The Labute approximate surface area is 94.7 Å². The molecule has 82 valence electrons. The molecule has 1 aromatic rings. The van der Waals surface area contributed by atoms with E-state index < -0.39 is 0 Å². The number of likely N-dealkylation sites (N-methyl/N-ethyl adjacent to an activating group) is 1. The van der Waals surface area contributed by atoms with Crippen LogP contribution >= 0.6 is 11.6 Å². The lowest BCUT2D eigenvalue weighted by Crippen LogP contribution is -2.24. The standard InChI is InChI=1S/C10H15ClN4/c1-7-5-9(14-10(11)12-7)13-8-3-4-15(2)6-8/h5,8H,3-4,6H2,1-2H3,(H,12,13,14). The number of rotatable bonds is 2. The smallest absolute Gasteiger partial charge is 0.224 e. The highest BCUT2D eigenvalue weighted by Gasteiger charge is 2.19. The van der Waals surface area contributed by atoms with Crippen LogP contribution in [0, 0.1) is 6.92 Å². The van der Waals surface area contributed by atoms with E-state index in [4.69, 9.17) is 11.6 Å². The summed E-state index contributed by atoms with van der Waals surface area (Å²) in [5.41, 5.74) is 0.892. The van der Waals surface area contributed by atoms with Gasteiger partial charge in [-0.1, -0.05) is 0 Å². The summed E-state index contributed by atoms with van der Waals surface area (Å²) in [6.07, 6.45) is 1.15. The first-order chi connectivity index (χ1) is 7.13. The molecule has 1 aliphatic rings. The minimum Gasteiger partial charge on any atom is -0.366 e. The van der Waals surface area contributed by atoms with Crippen LogP contribution in [0.5, 0.6) is 0 Å². The van der Waals surface area contributed by atoms with Gasteiger partial charge in [0.1, 0.15) is 5.82 Å². The lowest BCUT2D eigenvalue weighted by molar-refractivity contribution is 0.414. The normalized spacial score (nSPS) is 21.9. The third-order valence-electron chi connectivity index (χ3n) is 2.57. The Bertz CT molecular complexity index is 335. The van der Waals surface area contributed by atoms with Crippen molar-refractivity contribution in [2.45, 2.75) is 19.4 Å². The van der Waals surface area contributed by atoms with Crippen molar-refractivity contribution in [1.29, 1.82) is 0 Å². The Kier molecular flexibility index (Phi) is 3.07. The average Bonchev–Trinajstić information content (AvgIpc) is 2.49. The van der Waals surface area contributed by atoms with E-state index >= 15 is 0 Å². The van der Waals surface area contributed by atoms with E-state index in [1.54, 1.807) is 0 Å². The maximum absolute atomic E-state index is 5.79. The summed E-state index contributed by atoms with van der Waals surface area (Å²) in [7, 11) is 2.12. The SMILES string of the molecule is Cc1cc(NC2CCN(C)C2)nc(Cl)n1. The maximum Gasteiger partial charge on any atom is 0.224 e. The van der Waals surface area contributed by atoms with Gasteiger partial charge in [0.05, 0.1) is 0 Å². The van der Waals surface area contributed by atoms with Crippen molar-refractivity contribution < 1.29 is 0 Å². The molecule has 2 heterocycles. The maximum atomic E-state index is 5.79. The minimum absolute atomic E-state index is 0.309. The Morgan fingerprint density at radius 3 is 2.93 bits per heavy atom. The topological polar surface area (TPSA) is 41.0 Å². The van der Waals surface area contributed by atoms with E-state index in [1.807, 2.05) is 13.0 Å². The van der Waals surface area contributed by atoms with E-state index in [0.29, 0.717) is 11.3 Å². The summed E-state index contributed by atoms with van der Waals surface area (Å²) in [6.45, 7) is 4.11. The highest BCUT2D eigenvalue weighted by atomic mass is 35.5. The highest BCUT2D eigenvalue weighted by molar-refractivity contribution is 6.28. The molecule has 0 spiro atoms. The van der Waals surface area contributed by atoms with Gasteiger partial charge in [0, 0.05) is 24.3 Å². The van der Waals surface area contributed by atoms with Gasteiger partial charge in [0.15, 0.2) is 0 Å². The lowest BCUT2D eigenvalue weighted by Gasteiger charge is -2.13. The molecule has 2 rings (SSSR count). The van der Waals surface area contributed by atoms with Crippen LogP contribution < -0.4 is 5.32 Å². The van der Waals surface area contributed by atoms with Crippen LogP contribution in [0.2, 0.25) is 5.28 Å². The Hall–Kier alpha value is -0.870. The van der Waals surface area contributed by atoms with Crippen LogP contribution in [0.25, 0.3) is 0 Å². The summed E-state index contributed by atoms with van der Waals surface area (Å²) in [6, 6.07) is 2.39. The predicted molar refractivity (Wildman–Crippen MR) is 61.3 cm³/mol. The number of hydrogen-bond acceptors (Lipinski definition) is 4. The second-order valence-electron chi connectivity index (χ2n) is 4.06. The Morgan fingerprint density at radius 1 is 1.53 bits per heavy atom. The molecule has 1 saturated heterocycles. The first kappa shape index (κ1) is 10.6. The van der Waals surface area contributed by atoms with Gasteiger partial charge in [0.2, 0.25) is 5.28 Å². The van der Waals surface area contributed by atoms with E-state index in [9.17, 15) is 0 Å². The summed E-state index contributed by atoms with van der Waals surface area (Å²) < 4.78 is 0. The molecule has 1 aliphatic heterocycles. The van der Waals surface area contributed by atoms with Gasteiger partial charge >= 0.3 is 0 Å². The van der Waals surface area contributed by atoms with Gasteiger partial charge in [-0.3, -0.25) is 0 Å². The number of halogens is 1. The molecule has 4 nitrogen and oxygen atoms in total. The zero-order chi connectivity index (χ0) is 10.8. The molecule has 0 radical (unpaired) electrons. The van der Waals surface area contributed by atoms with Crippen LogP contribution in [0.4, 0.5) is 5.82 Å². The van der Waals surface area contributed by atoms with Crippen molar-refractivity contribution in [2.24, 2.45) is 0 Å². The zero-order valence-electron chi connectivity index (χ0n) is 9.00. The van der Waals surface area contributed by atoms with Crippen LogP contribution in [0.3, 0.4) is 0 Å². The fourth-order valence-corrected chi connectivity index (χ4v) is 2.09. The third kappa shape index (κ3) is 2.79. The number of hydrogen-bond donors (Lipinski definition) is 1. The molecule has 15 heavy (non-hydrogen) atoms. The van der Waals surface area contributed by atoms with E-state index in [-0.39, 0.29) is 0 Å². The summed E-state index contributed by atoms with van der Waals surface area (Å²) >= 11 is 5.79. The lowest BCUT2D eigenvalue weighted by atomic mass is 10.2. The van der Waals surface area contributed by atoms with Crippen molar-refractivity contribution in [3.63, 3.8) is 0 Å². The van der Waals surface area contributed by atoms with Crippen molar-refractivity contribution in [2.75, 3.05) is 25.5 Å². The molecule has 1 atom stereocenters. The van der Waals surface area contributed by atoms with Crippen LogP contribution in [0.1, 0.15) is 12.1 Å². The van der Waals surface area contributed by atoms with Crippen molar-refractivity contribution in [3.05, 3.63) is 17.0 Å². The number of aryl methyl sites for hydroxylation is 1. The van der Waals surface area contributed by atoms with E-state index in [0.717, 1.165) is 31.0 Å². The molecule has 0 bridgehead atoms. The first-order valence-corrected chi connectivity index (χ1v) is 5.47. The molecule has 0 amide bonds. The molecule has 0 aliphatic carbocycles. The van der Waals surface area contributed by atoms with Crippen LogP contribution in [0.15, 0.2) is 6.07 Å². The zero-order valence-corrected chi connectivity index (χ0v) is 9.75. The molecule has 1 fully saturated rings. The second-order valence-corrected chi connectivity index (χ2v) is 4.39. The molecule has 0 saturated carbocycles. The Balaban J connectivity index is 2.04. The molecule has 1 N–H and O–H groups in total. The predicted octanol–water partition coefficient (Wildman–Crippen LogP) is 1.55. The summed E-state index contributed by atoms with van der Waals surface area (Å²) in [5, 5.41) is 3.68. The van der Waals surface area contributed by atoms with Gasteiger partial charge in [-0.05, 0) is 38.5 Å². The molecule has 5 heteroatoms. The number of likely N-dealkylation sites (tertiary alicyclic amines) is 1. The Morgan fingerprint density at radius 2 is 2.33 bits per heavy atom. The van der Waals surface area contributed by atoms with Crippen molar-refractivity contribution in [1.82, 2.24) is 14.9 Å². The van der Waals surface area contributed by atoms with Gasteiger partial charge in [-0.2, -0.15) is 0 Å². The van der Waals surface area contributed by atoms with Crippen molar-refractivity contribution >= 4 is 17.4 Å². The molecular weight excluding hydrogens is 212 g/mol. The van der Waals surface area contributed by atoms with Gasteiger partial charge in [-0.25, -0.2) is 9.97 Å². The van der Waals surface area contributed by atoms with E-state index in [2.05, 4.69) is 27.2 Å². The monoisotopic (exact) mass is 226 g/mol. The third-order valence-corrected chi connectivity index (χ3v) is 2.74. The van der Waals surface area contributed by atoms with Gasteiger partial charge in [-0.15, -0.1) is 0 Å². The largest absolute Gasteiger partial charge is 0.366 e. The minimum atomic E-state index is 0.309. The number of nitrogens with one attached hydrogen (secondary N) is 1. The average molecular weight is 227 g/mol. The molecule has 0 aromatic carbocycles. The van der Waals surface area contributed by atoms with Gasteiger partial charge in [0.25, 0.3) is 0 Å². The van der Waals surface area contributed by atoms with Crippen LogP contribution in [-0.4, -0.2) is 41.0 Å². The summed E-state index contributed by atoms with van der Waals surface area (Å²) in [5.74, 6) is 0.827. The number of nitrogens with zero attached hydrogens (tertiary/aromatic N) is 3.